The van der Waals surface area contributed by atoms with E-state index in [9.17, 15) is 23.5 Å². The number of Topliss-reactive ketones (excluding diaryl/α,β-unsaturated/α-hetero) is 1. The van der Waals surface area contributed by atoms with Crippen LogP contribution in [0.15, 0.2) is 72.3 Å². The maximum Gasteiger partial charge on any atom is 0.301 e. The van der Waals surface area contributed by atoms with Crippen molar-refractivity contribution < 1.29 is 23.5 Å². The average molecular weight is 462 g/mol. The van der Waals surface area contributed by atoms with E-state index in [1.165, 1.54) is 52.6 Å². The molecule has 1 amide bonds. The molecule has 1 fully saturated rings. The van der Waals surface area contributed by atoms with Gasteiger partial charge in [0.1, 0.15) is 17.4 Å². The van der Waals surface area contributed by atoms with Crippen molar-refractivity contribution in [3.8, 4) is 0 Å². The molecule has 0 unspecified atom stereocenters. The lowest BCUT2D eigenvalue weighted by atomic mass is 9.95. The van der Waals surface area contributed by atoms with Gasteiger partial charge in [-0.25, -0.2) is 13.8 Å². The fraction of sp³-hybridized carbons (Fsp3) is 0.0800. The van der Waals surface area contributed by atoms with Crippen molar-refractivity contribution in [3.63, 3.8) is 0 Å². The van der Waals surface area contributed by atoms with Gasteiger partial charge in [0.25, 0.3) is 5.78 Å². The lowest BCUT2D eigenvalue weighted by molar-refractivity contribution is -0.132. The van der Waals surface area contributed by atoms with Crippen molar-refractivity contribution >= 4 is 44.1 Å². The summed E-state index contributed by atoms with van der Waals surface area (Å²) in [7, 11) is 0. The third-order valence-corrected chi connectivity index (χ3v) is 6.50. The van der Waals surface area contributed by atoms with Crippen LogP contribution in [-0.4, -0.2) is 21.8 Å². The molecule has 8 heteroatoms. The highest BCUT2D eigenvalue weighted by molar-refractivity contribution is 7.22. The molecule has 1 aliphatic heterocycles. The van der Waals surface area contributed by atoms with E-state index in [4.69, 9.17) is 0 Å². The van der Waals surface area contributed by atoms with Crippen molar-refractivity contribution in [3.05, 3.63) is 101 Å². The van der Waals surface area contributed by atoms with Gasteiger partial charge in [-0.2, -0.15) is 0 Å². The summed E-state index contributed by atoms with van der Waals surface area (Å²) >= 11 is 1.24. The van der Waals surface area contributed by atoms with E-state index < -0.39 is 35.1 Å². The number of rotatable bonds is 3. The molecule has 3 aromatic carbocycles. The number of nitrogens with zero attached hydrogens (tertiary/aromatic N) is 2. The maximum atomic E-state index is 13.6. The van der Waals surface area contributed by atoms with Crippen molar-refractivity contribution in [1.29, 1.82) is 0 Å². The monoisotopic (exact) mass is 462 g/mol. The second-order valence-electron chi connectivity index (χ2n) is 7.70. The number of hydrogen-bond acceptors (Lipinski definition) is 5. The molecule has 4 aromatic rings. The number of ketones is 1. The average Bonchev–Trinajstić information content (AvgIpc) is 3.32. The zero-order valence-corrected chi connectivity index (χ0v) is 18.1. The molecule has 1 aliphatic rings. The minimum atomic E-state index is -1.03. The van der Waals surface area contributed by atoms with E-state index in [0.717, 1.165) is 22.4 Å². The lowest BCUT2D eigenvalue weighted by Crippen LogP contribution is -2.29. The molecule has 2 heterocycles. The highest BCUT2D eigenvalue weighted by atomic mass is 32.1. The van der Waals surface area contributed by atoms with Gasteiger partial charge in [0, 0.05) is 5.56 Å². The van der Waals surface area contributed by atoms with Crippen LogP contribution >= 0.6 is 11.3 Å². The molecular formula is C25H16F2N2O3S. The minimum absolute atomic E-state index is 0.173. The first kappa shape index (κ1) is 21.0. The van der Waals surface area contributed by atoms with Crippen LogP contribution in [0.4, 0.5) is 13.9 Å². The van der Waals surface area contributed by atoms with Gasteiger partial charge >= 0.3 is 5.91 Å². The molecule has 1 saturated heterocycles. The molecule has 33 heavy (non-hydrogen) atoms. The number of thiazole rings is 1. The van der Waals surface area contributed by atoms with Crippen molar-refractivity contribution in [2.45, 2.75) is 13.0 Å². The zero-order valence-electron chi connectivity index (χ0n) is 17.3. The summed E-state index contributed by atoms with van der Waals surface area (Å²) < 4.78 is 27.9. The Morgan fingerprint density at radius 2 is 1.61 bits per heavy atom. The van der Waals surface area contributed by atoms with E-state index >= 15 is 0 Å². The minimum Gasteiger partial charge on any atom is -0.507 e. The van der Waals surface area contributed by atoms with Gasteiger partial charge < -0.3 is 5.11 Å². The van der Waals surface area contributed by atoms with Crippen molar-refractivity contribution in [2.24, 2.45) is 0 Å². The van der Waals surface area contributed by atoms with Gasteiger partial charge in [-0.3, -0.25) is 14.5 Å². The van der Waals surface area contributed by atoms with E-state index in [1.807, 2.05) is 25.1 Å². The number of aliphatic hydroxyl groups excluding tert-OH is 1. The van der Waals surface area contributed by atoms with Crippen LogP contribution in [0.1, 0.15) is 22.7 Å². The largest absolute Gasteiger partial charge is 0.507 e. The van der Waals surface area contributed by atoms with Crippen LogP contribution in [0, 0.1) is 18.6 Å². The molecule has 5 rings (SSSR count). The number of anilines is 1. The predicted octanol–water partition coefficient (Wildman–Crippen LogP) is 5.51. The Bertz CT molecular complexity index is 1440. The van der Waals surface area contributed by atoms with E-state index in [0.29, 0.717) is 11.1 Å². The normalized spacial score (nSPS) is 17.8. The summed E-state index contributed by atoms with van der Waals surface area (Å²) in [5.74, 6) is -3.19. The number of aryl methyl sites for hydroxylation is 1. The molecule has 1 atom stereocenters. The summed E-state index contributed by atoms with van der Waals surface area (Å²) in [6.07, 6.45) is 0. The Morgan fingerprint density at radius 3 is 2.27 bits per heavy atom. The van der Waals surface area contributed by atoms with Crippen LogP contribution in [0.2, 0.25) is 0 Å². The van der Waals surface area contributed by atoms with Crippen LogP contribution in [0.5, 0.6) is 0 Å². The smallest absolute Gasteiger partial charge is 0.301 e. The highest BCUT2D eigenvalue weighted by Gasteiger charge is 2.48. The molecule has 1 aromatic heterocycles. The number of amides is 1. The first-order valence-corrected chi connectivity index (χ1v) is 10.8. The van der Waals surface area contributed by atoms with Gasteiger partial charge in [-0.05, 0) is 66.6 Å². The fourth-order valence-corrected chi connectivity index (χ4v) is 4.97. The Labute approximate surface area is 191 Å². The van der Waals surface area contributed by atoms with E-state index in [1.54, 1.807) is 0 Å². The quantitative estimate of drug-likeness (QED) is 0.248. The van der Waals surface area contributed by atoms with Crippen molar-refractivity contribution in [1.82, 2.24) is 4.98 Å². The Hall–Kier alpha value is -3.91. The number of carbonyl (C=O) groups excluding carboxylic acids is 2. The van der Waals surface area contributed by atoms with Gasteiger partial charge in [0.15, 0.2) is 5.13 Å². The Kier molecular flexibility index (Phi) is 5.02. The first-order valence-electron chi connectivity index (χ1n) is 10.0. The number of carbonyl (C=O) groups is 2. The van der Waals surface area contributed by atoms with Crippen LogP contribution in [0.3, 0.4) is 0 Å². The summed E-state index contributed by atoms with van der Waals surface area (Å²) in [4.78, 5) is 32.0. The predicted molar refractivity (Wildman–Crippen MR) is 122 cm³/mol. The van der Waals surface area contributed by atoms with Crippen LogP contribution in [0.25, 0.3) is 16.0 Å². The van der Waals surface area contributed by atoms with Crippen molar-refractivity contribution in [2.75, 3.05) is 4.90 Å². The number of hydrogen-bond donors (Lipinski definition) is 1. The molecule has 0 aliphatic carbocycles. The number of aromatic nitrogens is 1. The third kappa shape index (κ3) is 3.58. The highest BCUT2D eigenvalue weighted by Crippen LogP contribution is 2.44. The summed E-state index contributed by atoms with van der Waals surface area (Å²) in [6.45, 7) is 1.94. The third-order valence-electron chi connectivity index (χ3n) is 5.49. The van der Waals surface area contributed by atoms with E-state index in [-0.39, 0.29) is 16.3 Å². The number of aliphatic hydroxyl groups is 1. The number of fused-ring (bicyclic) bond motifs is 1. The molecule has 164 valence electrons. The number of halogens is 2. The summed E-state index contributed by atoms with van der Waals surface area (Å²) in [5, 5.41) is 11.3. The molecular weight excluding hydrogens is 446 g/mol. The summed E-state index contributed by atoms with van der Waals surface area (Å²) in [5.41, 5.74) is 2.12. The Balaban J connectivity index is 1.73. The standard InChI is InChI=1S/C25H16F2N2O3S/c1-13-2-11-18-19(12-13)33-25(28-18)29-21(14-3-7-16(26)8-4-14)20(23(31)24(29)32)22(30)15-5-9-17(27)10-6-15/h2-12,21,30H,1H3/t21-/m1/s1. The molecule has 5 nitrogen and oxygen atoms in total. The molecule has 0 spiro atoms. The zero-order chi connectivity index (χ0) is 23.3. The molecule has 1 N–H and O–H groups in total. The fourth-order valence-electron chi connectivity index (χ4n) is 3.88. The SMILES string of the molecule is Cc1ccc2nc(N3C(=O)C(=O)C(=C(O)c4ccc(F)cc4)[C@H]3c3ccc(F)cc3)sc2c1. The van der Waals surface area contributed by atoms with Crippen LogP contribution < -0.4 is 4.90 Å². The van der Waals surface area contributed by atoms with Crippen LogP contribution in [-0.2, 0) is 9.59 Å². The van der Waals surface area contributed by atoms with Gasteiger partial charge in [0.2, 0.25) is 0 Å². The first-order chi connectivity index (χ1) is 15.8. The maximum absolute atomic E-state index is 13.6. The van der Waals surface area contributed by atoms with Gasteiger partial charge in [0.05, 0.1) is 21.8 Å². The molecule has 0 bridgehead atoms. The summed E-state index contributed by atoms with van der Waals surface area (Å²) in [6, 6.07) is 14.9. The van der Waals surface area contributed by atoms with Gasteiger partial charge in [-0.15, -0.1) is 0 Å². The number of benzene rings is 3. The van der Waals surface area contributed by atoms with E-state index in [2.05, 4.69) is 4.98 Å². The van der Waals surface area contributed by atoms with Gasteiger partial charge in [-0.1, -0.05) is 29.5 Å². The molecule has 0 saturated carbocycles. The molecule has 0 radical (unpaired) electrons. The second-order valence-corrected chi connectivity index (χ2v) is 8.70. The second kappa shape index (κ2) is 7.90. The lowest BCUT2D eigenvalue weighted by Gasteiger charge is -2.23. The topological polar surface area (TPSA) is 70.5 Å². The Morgan fingerprint density at radius 1 is 0.970 bits per heavy atom.